The average Bonchev–Trinajstić information content (AvgIpc) is 2.73. The molecule has 0 bridgehead atoms. The summed E-state index contributed by atoms with van der Waals surface area (Å²) in [6.45, 7) is 1.91. The summed E-state index contributed by atoms with van der Waals surface area (Å²) in [5.41, 5.74) is 1.65. The summed E-state index contributed by atoms with van der Waals surface area (Å²) in [5, 5.41) is 19.7. The zero-order valence-corrected chi connectivity index (χ0v) is 9.51. The first kappa shape index (κ1) is 11.1. The van der Waals surface area contributed by atoms with Crippen molar-refractivity contribution in [3.8, 4) is 5.69 Å². The standard InChI is InChI=1S/C11H12N4O2/c1-7-5-3-4-6-8(7)15-13-9(11(16)17)10(12-2)14-15/h3-6H,1-2H3,(H,12,14)(H,16,17). The number of nitrogens with one attached hydrogen (secondary N) is 1. The molecule has 6 nitrogen and oxygen atoms in total. The van der Waals surface area contributed by atoms with Crippen molar-refractivity contribution in [3.63, 3.8) is 0 Å². The van der Waals surface area contributed by atoms with Gasteiger partial charge >= 0.3 is 5.97 Å². The fraction of sp³-hybridized carbons (Fsp3) is 0.182. The van der Waals surface area contributed by atoms with Crippen LogP contribution in [0.4, 0.5) is 5.82 Å². The minimum Gasteiger partial charge on any atom is -0.476 e. The lowest BCUT2D eigenvalue weighted by Crippen LogP contribution is -2.03. The van der Waals surface area contributed by atoms with Gasteiger partial charge in [0.15, 0.2) is 5.82 Å². The van der Waals surface area contributed by atoms with E-state index in [2.05, 4.69) is 15.5 Å². The monoisotopic (exact) mass is 232 g/mol. The van der Waals surface area contributed by atoms with E-state index in [9.17, 15) is 4.79 Å². The second kappa shape index (κ2) is 4.25. The number of carboxylic acids is 1. The van der Waals surface area contributed by atoms with Crippen LogP contribution in [0.2, 0.25) is 0 Å². The lowest BCUT2D eigenvalue weighted by Gasteiger charge is -2.02. The van der Waals surface area contributed by atoms with Crippen LogP contribution in [-0.4, -0.2) is 33.1 Å². The van der Waals surface area contributed by atoms with Crippen LogP contribution in [0, 0.1) is 6.92 Å². The number of carboxylic acid groups (broad SMARTS) is 1. The predicted molar refractivity (Wildman–Crippen MR) is 62.6 cm³/mol. The number of hydrogen-bond acceptors (Lipinski definition) is 4. The number of nitrogens with zero attached hydrogens (tertiary/aromatic N) is 3. The van der Waals surface area contributed by atoms with E-state index in [1.165, 1.54) is 4.80 Å². The Morgan fingerprint density at radius 2 is 2.06 bits per heavy atom. The molecule has 0 saturated carbocycles. The van der Waals surface area contributed by atoms with Crippen molar-refractivity contribution in [2.24, 2.45) is 0 Å². The molecule has 2 rings (SSSR count). The van der Waals surface area contributed by atoms with Gasteiger partial charge in [0.1, 0.15) is 0 Å². The molecule has 0 atom stereocenters. The number of carbonyl (C=O) groups is 1. The third kappa shape index (κ3) is 1.96. The van der Waals surface area contributed by atoms with Crippen molar-refractivity contribution in [2.75, 3.05) is 12.4 Å². The third-order valence-corrected chi connectivity index (χ3v) is 2.38. The van der Waals surface area contributed by atoms with Crippen molar-refractivity contribution >= 4 is 11.8 Å². The number of para-hydroxylation sites is 1. The van der Waals surface area contributed by atoms with Gasteiger partial charge in [0, 0.05) is 7.05 Å². The molecule has 0 aliphatic rings. The van der Waals surface area contributed by atoms with Gasteiger partial charge in [-0.2, -0.15) is 0 Å². The number of rotatable bonds is 3. The van der Waals surface area contributed by atoms with E-state index < -0.39 is 5.97 Å². The maximum atomic E-state index is 11.0. The number of aryl methyl sites for hydroxylation is 1. The van der Waals surface area contributed by atoms with Gasteiger partial charge in [-0.15, -0.1) is 15.0 Å². The molecule has 1 aromatic heterocycles. The summed E-state index contributed by atoms with van der Waals surface area (Å²) in [5.74, 6) is -0.852. The van der Waals surface area contributed by atoms with Crippen LogP contribution in [0.5, 0.6) is 0 Å². The van der Waals surface area contributed by atoms with E-state index in [0.29, 0.717) is 0 Å². The van der Waals surface area contributed by atoms with Crippen LogP contribution in [0.15, 0.2) is 24.3 Å². The van der Waals surface area contributed by atoms with E-state index in [0.717, 1.165) is 11.3 Å². The Morgan fingerprint density at radius 3 is 2.59 bits per heavy atom. The molecular formula is C11H12N4O2. The molecule has 17 heavy (non-hydrogen) atoms. The smallest absolute Gasteiger partial charge is 0.360 e. The number of hydrogen-bond donors (Lipinski definition) is 2. The molecule has 2 aromatic rings. The van der Waals surface area contributed by atoms with E-state index in [-0.39, 0.29) is 11.5 Å². The summed E-state index contributed by atoms with van der Waals surface area (Å²) < 4.78 is 0. The van der Waals surface area contributed by atoms with Gasteiger partial charge in [0.2, 0.25) is 5.69 Å². The highest BCUT2D eigenvalue weighted by molar-refractivity contribution is 5.90. The minimum absolute atomic E-state index is 0.0873. The predicted octanol–water partition coefficient (Wildman–Crippen LogP) is 1.32. The third-order valence-electron chi connectivity index (χ3n) is 2.38. The van der Waals surface area contributed by atoms with Crippen molar-refractivity contribution in [1.82, 2.24) is 15.0 Å². The Morgan fingerprint density at radius 1 is 1.35 bits per heavy atom. The first-order valence-corrected chi connectivity index (χ1v) is 5.08. The minimum atomic E-state index is -1.10. The highest BCUT2D eigenvalue weighted by Gasteiger charge is 2.17. The number of aromatic nitrogens is 3. The molecule has 88 valence electrons. The molecule has 0 aliphatic heterocycles. The molecule has 0 saturated heterocycles. The van der Waals surface area contributed by atoms with E-state index >= 15 is 0 Å². The van der Waals surface area contributed by atoms with Crippen molar-refractivity contribution in [1.29, 1.82) is 0 Å². The lowest BCUT2D eigenvalue weighted by molar-refractivity contribution is 0.0691. The molecule has 0 unspecified atom stereocenters. The zero-order valence-electron chi connectivity index (χ0n) is 9.51. The Bertz CT molecular complexity index is 562. The van der Waals surface area contributed by atoms with Gasteiger partial charge in [-0.1, -0.05) is 18.2 Å². The zero-order chi connectivity index (χ0) is 12.4. The molecule has 2 N–H and O–H groups in total. The van der Waals surface area contributed by atoms with E-state index in [4.69, 9.17) is 5.11 Å². The largest absolute Gasteiger partial charge is 0.476 e. The maximum Gasteiger partial charge on any atom is 0.360 e. The van der Waals surface area contributed by atoms with Crippen LogP contribution in [0.3, 0.4) is 0 Å². The molecule has 6 heteroatoms. The Labute approximate surface area is 97.9 Å². The number of aromatic carboxylic acids is 1. The van der Waals surface area contributed by atoms with Crippen molar-refractivity contribution < 1.29 is 9.90 Å². The molecule has 1 aromatic carbocycles. The first-order chi connectivity index (χ1) is 8.13. The summed E-state index contributed by atoms with van der Waals surface area (Å²) in [7, 11) is 1.61. The van der Waals surface area contributed by atoms with Gasteiger partial charge in [0.25, 0.3) is 0 Å². The summed E-state index contributed by atoms with van der Waals surface area (Å²) >= 11 is 0. The normalized spacial score (nSPS) is 10.2. The molecule has 0 fully saturated rings. The van der Waals surface area contributed by atoms with Crippen LogP contribution in [0.25, 0.3) is 5.69 Å². The van der Waals surface area contributed by atoms with Gasteiger partial charge in [-0.3, -0.25) is 0 Å². The van der Waals surface area contributed by atoms with Gasteiger partial charge in [0.05, 0.1) is 5.69 Å². The van der Waals surface area contributed by atoms with Gasteiger partial charge in [-0.05, 0) is 18.6 Å². The number of benzene rings is 1. The highest BCUT2D eigenvalue weighted by atomic mass is 16.4. The second-order valence-electron chi connectivity index (χ2n) is 3.53. The SMILES string of the molecule is CNc1nn(-c2ccccc2C)nc1C(=O)O. The fourth-order valence-electron chi connectivity index (χ4n) is 1.51. The topological polar surface area (TPSA) is 80.0 Å². The Balaban J connectivity index is 2.54. The molecule has 0 spiro atoms. The summed E-state index contributed by atoms with van der Waals surface area (Å²) in [6, 6.07) is 7.50. The molecule has 1 heterocycles. The van der Waals surface area contributed by atoms with Crippen LogP contribution in [-0.2, 0) is 0 Å². The van der Waals surface area contributed by atoms with Gasteiger partial charge in [-0.25, -0.2) is 4.79 Å². The van der Waals surface area contributed by atoms with E-state index in [1.807, 2.05) is 31.2 Å². The maximum absolute atomic E-state index is 11.0. The molecular weight excluding hydrogens is 220 g/mol. The molecule has 0 radical (unpaired) electrons. The van der Waals surface area contributed by atoms with Gasteiger partial charge < -0.3 is 10.4 Å². The van der Waals surface area contributed by atoms with Crippen molar-refractivity contribution in [2.45, 2.75) is 6.92 Å². The molecule has 0 aliphatic carbocycles. The number of anilines is 1. The fourth-order valence-corrected chi connectivity index (χ4v) is 1.51. The second-order valence-corrected chi connectivity index (χ2v) is 3.53. The first-order valence-electron chi connectivity index (χ1n) is 5.08. The highest BCUT2D eigenvalue weighted by Crippen LogP contribution is 2.15. The van der Waals surface area contributed by atoms with Crippen LogP contribution >= 0.6 is 0 Å². The molecule has 0 amide bonds. The van der Waals surface area contributed by atoms with Crippen LogP contribution < -0.4 is 5.32 Å². The average molecular weight is 232 g/mol. The Hall–Kier alpha value is -2.37. The van der Waals surface area contributed by atoms with Crippen LogP contribution in [0.1, 0.15) is 16.1 Å². The summed E-state index contributed by atoms with van der Waals surface area (Å²) in [6.07, 6.45) is 0. The quantitative estimate of drug-likeness (QED) is 0.834. The summed E-state index contributed by atoms with van der Waals surface area (Å²) in [4.78, 5) is 12.3. The Kier molecular flexibility index (Phi) is 2.78. The lowest BCUT2D eigenvalue weighted by atomic mass is 10.2. The van der Waals surface area contributed by atoms with E-state index in [1.54, 1.807) is 7.05 Å². The van der Waals surface area contributed by atoms with Crippen molar-refractivity contribution in [3.05, 3.63) is 35.5 Å².